The quantitative estimate of drug-likeness (QED) is 0.639. The van der Waals surface area contributed by atoms with Gasteiger partial charge in [0.1, 0.15) is 5.76 Å². The predicted molar refractivity (Wildman–Crippen MR) is 75.7 cm³/mol. The van der Waals surface area contributed by atoms with Gasteiger partial charge in [0.25, 0.3) is 5.91 Å². The molecule has 2 N–H and O–H groups in total. The third-order valence-corrected chi connectivity index (χ3v) is 3.25. The van der Waals surface area contributed by atoms with Crippen LogP contribution in [0.25, 0.3) is 0 Å². The van der Waals surface area contributed by atoms with Crippen molar-refractivity contribution in [3.63, 3.8) is 0 Å². The van der Waals surface area contributed by atoms with Gasteiger partial charge >= 0.3 is 5.97 Å². The molecule has 2 heterocycles. The summed E-state index contributed by atoms with van der Waals surface area (Å²) in [5, 5.41) is 11.8. The number of aromatic carboxylic acids is 1. The number of carbonyl (C=O) groups excluding carboxylic acids is 1. The molecule has 0 bridgehead atoms. The summed E-state index contributed by atoms with van der Waals surface area (Å²) in [5.74, 6) is -1.54. The van der Waals surface area contributed by atoms with Crippen molar-refractivity contribution in [1.82, 2.24) is 15.3 Å². The molecular formula is C12H10ClN3O4S. The Kier molecular flexibility index (Phi) is 4.81. The minimum atomic E-state index is -1.17. The molecule has 0 unspecified atom stereocenters. The highest BCUT2D eigenvalue weighted by atomic mass is 35.5. The molecule has 7 nitrogen and oxygen atoms in total. The van der Waals surface area contributed by atoms with E-state index < -0.39 is 11.9 Å². The van der Waals surface area contributed by atoms with Crippen molar-refractivity contribution in [2.45, 2.75) is 11.7 Å². The van der Waals surface area contributed by atoms with Crippen LogP contribution < -0.4 is 5.32 Å². The summed E-state index contributed by atoms with van der Waals surface area (Å²) in [6, 6.07) is 2.78. The molecule has 21 heavy (non-hydrogen) atoms. The second kappa shape index (κ2) is 6.59. The second-order valence-corrected chi connectivity index (χ2v) is 4.99. The lowest BCUT2D eigenvalue weighted by molar-refractivity contribution is 0.0660. The van der Waals surface area contributed by atoms with E-state index in [1.807, 2.05) is 0 Å². The first-order valence-corrected chi connectivity index (χ1v) is 7.28. The van der Waals surface area contributed by atoms with Gasteiger partial charge in [-0.3, -0.25) is 4.79 Å². The second-order valence-electron chi connectivity index (χ2n) is 3.81. The van der Waals surface area contributed by atoms with Crippen LogP contribution in [0.4, 0.5) is 0 Å². The first-order valence-electron chi connectivity index (χ1n) is 5.68. The van der Waals surface area contributed by atoms with Gasteiger partial charge in [0, 0.05) is 0 Å². The minimum Gasteiger partial charge on any atom is -0.475 e. The Morgan fingerprint density at radius 2 is 2.24 bits per heavy atom. The summed E-state index contributed by atoms with van der Waals surface area (Å²) >= 11 is 7.16. The van der Waals surface area contributed by atoms with Crippen molar-refractivity contribution in [3.05, 3.63) is 40.6 Å². The Balaban J connectivity index is 2.05. The highest BCUT2D eigenvalue weighted by molar-refractivity contribution is 7.98. The van der Waals surface area contributed by atoms with E-state index in [-0.39, 0.29) is 23.0 Å². The average Bonchev–Trinajstić information content (AvgIpc) is 2.94. The zero-order valence-corrected chi connectivity index (χ0v) is 12.4. The summed E-state index contributed by atoms with van der Waals surface area (Å²) in [6.07, 6.45) is 3.13. The summed E-state index contributed by atoms with van der Waals surface area (Å²) < 4.78 is 5.02. The molecule has 0 saturated heterocycles. The van der Waals surface area contributed by atoms with Crippen LogP contribution >= 0.6 is 23.4 Å². The van der Waals surface area contributed by atoms with Gasteiger partial charge in [-0.1, -0.05) is 23.4 Å². The maximum absolute atomic E-state index is 12.0. The number of thioether (sulfide) groups is 1. The van der Waals surface area contributed by atoms with E-state index in [2.05, 4.69) is 15.3 Å². The largest absolute Gasteiger partial charge is 0.475 e. The SMILES string of the molecule is CSc1ncc(Cl)c(C(=O)NCc2ccc(C(=O)O)o2)n1. The minimum absolute atomic E-state index is 0.0288. The number of hydrogen-bond acceptors (Lipinski definition) is 6. The number of furan rings is 1. The fraction of sp³-hybridized carbons (Fsp3) is 0.167. The maximum Gasteiger partial charge on any atom is 0.371 e. The van der Waals surface area contributed by atoms with Crippen LogP contribution in [0.15, 0.2) is 27.9 Å². The molecule has 0 saturated carbocycles. The number of rotatable bonds is 5. The standard InChI is InChI=1S/C12H10ClN3O4S/c1-21-12-15-5-7(13)9(16-12)10(17)14-4-6-2-3-8(20-6)11(18)19/h2-3,5H,4H2,1H3,(H,14,17)(H,18,19). The molecule has 2 rings (SSSR count). The zero-order valence-electron chi connectivity index (χ0n) is 10.8. The molecule has 0 aliphatic heterocycles. The summed E-state index contributed by atoms with van der Waals surface area (Å²) in [5.41, 5.74) is 0.0565. The molecule has 0 fully saturated rings. The number of hydrogen-bond donors (Lipinski definition) is 2. The molecule has 0 spiro atoms. The number of carboxylic acids is 1. The predicted octanol–water partition coefficient (Wildman–Crippen LogP) is 2.07. The third kappa shape index (κ3) is 3.73. The van der Waals surface area contributed by atoms with Crippen molar-refractivity contribution >= 4 is 35.2 Å². The van der Waals surface area contributed by atoms with Gasteiger partial charge in [-0.2, -0.15) is 0 Å². The van der Waals surface area contributed by atoms with E-state index in [9.17, 15) is 9.59 Å². The van der Waals surface area contributed by atoms with Crippen molar-refractivity contribution < 1.29 is 19.1 Å². The van der Waals surface area contributed by atoms with E-state index in [1.165, 1.54) is 30.1 Å². The average molecular weight is 328 g/mol. The van der Waals surface area contributed by atoms with Gasteiger partial charge in [-0.15, -0.1) is 0 Å². The van der Waals surface area contributed by atoms with Crippen LogP contribution in [0.1, 0.15) is 26.8 Å². The Morgan fingerprint density at radius 3 is 2.86 bits per heavy atom. The Labute approximate surface area is 128 Å². The topological polar surface area (TPSA) is 105 Å². The van der Waals surface area contributed by atoms with Crippen LogP contribution in [0, 0.1) is 0 Å². The molecule has 0 aliphatic rings. The van der Waals surface area contributed by atoms with E-state index in [0.717, 1.165) is 0 Å². The van der Waals surface area contributed by atoms with E-state index in [0.29, 0.717) is 10.9 Å². The van der Waals surface area contributed by atoms with Crippen molar-refractivity contribution in [2.24, 2.45) is 0 Å². The zero-order chi connectivity index (χ0) is 15.4. The molecule has 0 radical (unpaired) electrons. The highest BCUT2D eigenvalue weighted by Crippen LogP contribution is 2.16. The van der Waals surface area contributed by atoms with Gasteiger partial charge in [0.05, 0.1) is 17.8 Å². The highest BCUT2D eigenvalue weighted by Gasteiger charge is 2.15. The first-order chi connectivity index (χ1) is 10.0. The third-order valence-electron chi connectivity index (χ3n) is 2.42. The summed E-state index contributed by atoms with van der Waals surface area (Å²) in [7, 11) is 0. The maximum atomic E-state index is 12.0. The van der Waals surface area contributed by atoms with Gasteiger partial charge in [0.15, 0.2) is 10.9 Å². The Bertz CT molecular complexity index is 689. The Hall–Kier alpha value is -2.06. The van der Waals surface area contributed by atoms with Crippen LogP contribution in [-0.4, -0.2) is 33.2 Å². The molecule has 0 aromatic carbocycles. The smallest absolute Gasteiger partial charge is 0.371 e. The number of halogens is 1. The van der Waals surface area contributed by atoms with E-state index in [1.54, 1.807) is 6.26 Å². The molecule has 110 valence electrons. The van der Waals surface area contributed by atoms with Gasteiger partial charge in [-0.25, -0.2) is 14.8 Å². The van der Waals surface area contributed by atoms with Gasteiger partial charge < -0.3 is 14.8 Å². The van der Waals surface area contributed by atoms with E-state index >= 15 is 0 Å². The van der Waals surface area contributed by atoms with Crippen LogP contribution in [0.3, 0.4) is 0 Å². The number of amides is 1. The lowest BCUT2D eigenvalue weighted by Gasteiger charge is -2.05. The number of nitrogens with one attached hydrogen (secondary N) is 1. The Morgan fingerprint density at radius 1 is 1.48 bits per heavy atom. The molecule has 0 atom stereocenters. The van der Waals surface area contributed by atoms with Crippen LogP contribution in [0.5, 0.6) is 0 Å². The molecular weight excluding hydrogens is 318 g/mol. The van der Waals surface area contributed by atoms with Crippen molar-refractivity contribution in [3.8, 4) is 0 Å². The summed E-state index contributed by atoms with van der Waals surface area (Å²) in [6.45, 7) is 0.0288. The fourth-order valence-corrected chi connectivity index (χ4v) is 1.97. The van der Waals surface area contributed by atoms with Crippen molar-refractivity contribution in [1.29, 1.82) is 0 Å². The van der Waals surface area contributed by atoms with Crippen LogP contribution in [0.2, 0.25) is 5.02 Å². The molecule has 2 aromatic heterocycles. The van der Waals surface area contributed by atoms with Crippen LogP contribution in [-0.2, 0) is 6.54 Å². The molecule has 9 heteroatoms. The lowest BCUT2D eigenvalue weighted by atomic mass is 10.3. The number of carboxylic acid groups (broad SMARTS) is 1. The number of aromatic nitrogens is 2. The van der Waals surface area contributed by atoms with E-state index in [4.69, 9.17) is 21.1 Å². The number of carbonyl (C=O) groups is 2. The molecule has 1 amide bonds. The molecule has 2 aromatic rings. The number of nitrogens with zero attached hydrogens (tertiary/aromatic N) is 2. The fourth-order valence-electron chi connectivity index (χ4n) is 1.45. The van der Waals surface area contributed by atoms with Gasteiger partial charge in [0.2, 0.25) is 5.76 Å². The normalized spacial score (nSPS) is 10.4. The van der Waals surface area contributed by atoms with Crippen molar-refractivity contribution in [2.75, 3.05) is 6.26 Å². The first kappa shape index (κ1) is 15.3. The summed E-state index contributed by atoms with van der Waals surface area (Å²) in [4.78, 5) is 30.6. The monoisotopic (exact) mass is 327 g/mol. The lowest BCUT2D eigenvalue weighted by Crippen LogP contribution is -2.24. The molecule has 0 aliphatic carbocycles. The van der Waals surface area contributed by atoms with Gasteiger partial charge in [-0.05, 0) is 18.4 Å².